The van der Waals surface area contributed by atoms with Gasteiger partial charge in [0.15, 0.2) is 0 Å². The highest BCUT2D eigenvalue weighted by Crippen LogP contribution is 2.28. The second kappa shape index (κ2) is 4.90. The molecule has 3 nitrogen and oxygen atoms in total. The molecule has 0 aliphatic heterocycles. The quantitative estimate of drug-likeness (QED) is 0.732. The number of aromatic amines is 1. The molecule has 2 aromatic carbocycles. The molecule has 0 aliphatic rings. The van der Waals surface area contributed by atoms with Crippen LogP contribution in [0.3, 0.4) is 0 Å². The van der Waals surface area contributed by atoms with Gasteiger partial charge in [-0.05, 0) is 34.1 Å². The number of anilines is 1. The molecule has 19 heavy (non-hydrogen) atoms. The molecule has 4 heteroatoms. The summed E-state index contributed by atoms with van der Waals surface area (Å²) in [6.07, 6.45) is 0. The molecule has 0 spiro atoms. The van der Waals surface area contributed by atoms with Gasteiger partial charge in [0.25, 0.3) is 5.91 Å². The van der Waals surface area contributed by atoms with Gasteiger partial charge in [-0.3, -0.25) is 4.79 Å². The number of halogens is 1. The molecular formula is C15H11BrN2O. The summed E-state index contributed by atoms with van der Waals surface area (Å²) in [6.45, 7) is 0. The molecule has 2 N–H and O–H groups in total. The predicted octanol–water partition coefficient (Wildman–Crippen LogP) is 4.18. The number of H-pyrrole nitrogens is 1. The van der Waals surface area contributed by atoms with Crippen LogP contribution in [0.4, 0.5) is 5.69 Å². The zero-order chi connectivity index (χ0) is 13.2. The van der Waals surface area contributed by atoms with Crippen LogP contribution in [0, 0.1) is 0 Å². The third-order valence-electron chi connectivity index (χ3n) is 2.90. The van der Waals surface area contributed by atoms with Crippen LogP contribution >= 0.6 is 15.9 Å². The Morgan fingerprint density at radius 2 is 1.68 bits per heavy atom. The third kappa shape index (κ3) is 2.27. The van der Waals surface area contributed by atoms with Crippen molar-refractivity contribution in [1.29, 1.82) is 0 Å². The summed E-state index contributed by atoms with van der Waals surface area (Å²) in [5.41, 5.74) is 2.25. The van der Waals surface area contributed by atoms with E-state index in [4.69, 9.17) is 0 Å². The van der Waals surface area contributed by atoms with Crippen LogP contribution < -0.4 is 5.32 Å². The Kier molecular flexibility index (Phi) is 3.09. The van der Waals surface area contributed by atoms with Gasteiger partial charge in [0.05, 0.1) is 4.47 Å². The number of amides is 1. The minimum atomic E-state index is -0.158. The van der Waals surface area contributed by atoms with Gasteiger partial charge in [0.2, 0.25) is 0 Å². The highest BCUT2D eigenvalue weighted by atomic mass is 79.9. The Morgan fingerprint density at radius 3 is 2.42 bits per heavy atom. The number of benzene rings is 2. The van der Waals surface area contributed by atoms with E-state index in [0.29, 0.717) is 5.69 Å². The van der Waals surface area contributed by atoms with Crippen molar-refractivity contribution < 1.29 is 4.79 Å². The van der Waals surface area contributed by atoms with Crippen molar-refractivity contribution in [2.45, 2.75) is 0 Å². The summed E-state index contributed by atoms with van der Waals surface area (Å²) < 4.78 is 0.788. The lowest BCUT2D eigenvalue weighted by molar-refractivity contribution is 0.102. The molecule has 0 atom stereocenters. The van der Waals surface area contributed by atoms with Crippen molar-refractivity contribution in [2.75, 3.05) is 5.32 Å². The standard InChI is InChI=1S/C15H11BrN2O/c16-13-11-8-4-5-9-12(11)18-14(13)15(19)17-10-6-2-1-3-7-10/h1-9,18H,(H,17,19). The van der Waals surface area contributed by atoms with Crippen LogP contribution in [0.5, 0.6) is 0 Å². The number of hydrogen-bond donors (Lipinski definition) is 2. The minimum Gasteiger partial charge on any atom is -0.350 e. The number of carbonyl (C=O) groups excluding carboxylic acids is 1. The van der Waals surface area contributed by atoms with Crippen molar-refractivity contribution in [2.24, 2.45) is 0 Å². The first kappa shape index (κ1) is 12.0. The Morgan fingerprint density at radius 1 is 1.00 bits per heavy atom. The van der Waals surface area contributed by atoms with Crippen LogP contribution in [0.1, 0.15) is 10.5 Å². The van der Waals surface area contributed by atoms with E-state index in [-0.39, 0.29) is 5.91 Å². The maximum Gasteiger partial charge on any atom is 0.273 e. The zero-order valence-electron chi connectivity index (χ0n) is 9.98. The van der Waals surface area contributed by atoms with Gasteiger partial charge in [0.1, 0.15) is 5.69 Å². The van der Waals surface area contributed by atoms with Gasteiger partial charge in [-0.2, -0.15) is 0 Å². The number of para-hydroxylation sites is 2. The summed E-state index contributed by atoms with van der Waals surface area (Å²) in [5, 5.41) is 3.86. The molecular weight excluding hydrogens is 304 g/mol. The fourth-order valence-electron chi connectivity index (χ4n) is 1.98. The van der Waals surface area contributed by atoms with Crippen molar-refractivity contribution in [1.82, 2.24) is 4.98 Å². The number of nitrogens with one attached hydrogen (secondary N) is 2. The van der Waals surface area contributed by atoms with Gasteiger partial charge in [0, 0.05) is 16.6 Å². The highest BCUT2D eigenvalue weighted by molar-refractivity contribution is 9.10. The van der Waals surface area contributed by atoms with Crippen LogP contribution in [-0.4, -0.2) is 10.9 Å². The Balaban J connectivity index is 1.96. The van der Waals surface area contributed by atoms with Crippen molar-refractivity contribution in [3.63, 3.8) is 0 Å². The van der Waals surface area contributed by atoms with E-state index >= 15 is 0 Å². The third-order valence-corrected chi connectivity index (χ3v) is 3.73. The lowest BCUT2D eigenvalue weighted by Gasteiger charge is -2.03. The molecule has 0 unspecified atom stereocenters. The van der Waals surface area contributed by atoms with Crippen molar-refractivity contribution in [3.05, 3.63) is 64.8 Å². The number of aromatic nitrogens is 1. The first-order valence-electron chi connectivity index (χ1n) is 5.88. The van der Waals surface area contributed by atoms with Gasteiger partial charge in [-0.1, -0.05) is 36.4 Å². The van der Waals surface area contributed by atoms with Crippen molar-refractivity contribution >= 4 is 38.4 Å². The summed E-state index contributed by atoms with van der Waals surface area (Å²) in [7, 11) is 0. The lowest BCUT2D eigenvalue weighted by atomic mass is 10.2. The van der Waals surface area contributed by atoms with Gasteiger partial charge in [-0.25, -0.2) is 0 Å². The molecule has 0 fully saturated rings. The maximum absolute atomic E-state index is 12.2. The Labute approximate surface area is 118 Å². The average Bonchev–Trinajstić information content (AvgIpc) is 2.78. The van der Waals surface area contributed by atoms with Gasteiger partial charge in [-0.15, -0.1) is 0 Å². The van der Waals surface area contributed by atoms with E-state index in [2.05, 4.69) is 26.2 Å². The number of hydrogen-bond acceptors (Lipinski definition) is 1. The predicted molar refractivity (Wildman–Crippen MR) is 80.4 cm³/mol. The molecule has 0 bridgehead atoms. The molecule has 0 saturated heterocycles. The highest BCUT2D eigenvalue weighted by Gasteiger charge is 2.15. The van der Waals surface area contributed by atoms with E-state index in [1.165, 1.54) is 0 Å². The van der Waals surface area contributed by atoms with E-state index in [1.807, 2.05) is 54.6 Å². The molecule has 3 rings (SSSR count). The number of rotatable bonds is 2. The van der Waals surface area contributed by atoms with E-state index in [0.717, 1.165) is 21.1 Å². The van der Waals surface area contributed by atoms with E-state index < -0.39 is 0 Å². The summed E-state index contributed by atoms with van der Waals surface area (Å²) in [5.74, 6) is -0.158. The molecule has 3 aromatic rings. The second-order valence-corrected chi connectivity index (χ2v) is 4.97. The molecule has 94 valence electrons. The molecule has 1 heterocycles. The van der Waals surface area contributed by atoms with E-state index in [9.17, 15) is 4.79 Å². The normalized spacial score (nSPS) is 10.6. The SMILES string of the molecule is O=C(Nc1ccccc1)c1[nH]c2ccccc2c1Br. The first-order chi connectivity index (χ1) is 9.25. The number of carbonyl (C=O) groups is 1. The molecule has 0 aliphatic carbocycles. The van der Waals surface area contributed by atoms with Gasteiger partial charge < -0.3 is 10.3 Å². The monoisotopic (exact) mass is 314 g/mol. The minimum absolute atomic E-state index is 0.158. The Bertz CT molecular complexity index is 734. The average molecular weight is 315 g/mol. The van der Waals surface area contributed by atoms with E-state index in [1.54, 1.807) is 0 Å². The lowest BCUT2D eigenvalue weighted by Crippen LogP contribution is -2.12. The van der Waals surface area contributed by atoms with Gasteiger partial charge >= 0.3 is 0 Å². The van der Waals surface area contributed by atoms with Crippen LogP contribution in [0.2, 0.25) is 0 Å². The zero-order valence-corrected chi connectivity index (χ0v) is 11.6. The summed E-state index contributed by atoms with van der Waals surface area (Å²) >= 11 is 3.47. The topological polar surface area (TPSA) is 44.9 Å². The maximum atomic E-state index is 12.2. The van der Waals surface area contributed by atoms with Crippen LogP contribution in [0.25, 0.3) is 10.9 Å². The largest absolute Gasteiger partial charge is 0.350 e. The fraction of sp³-hybridized carbons (Fsp3) is 0. The molecule has 0 radical (unpaired) electrons. The van der Waals surface area contributed by atoms with Crippen molar-refractivity contribution in [3.8, 4) is 0 Å². The fourth-order valence-corrected chi connectivity index (χ4v) is 2.60. The smallest absolute Gasteiger partial charge is 0.273 e. The molecule has 0 saturated carbocycles. The second-order valence-electron chi connectivity index (χ2n) is 4.18. The number of fused-ring (bicyclic) bond motifs is 1. The molecule has 1 aromatic heterocycles. The Hall–Kier alpha value is -2.07. The first-order valence-corrected chi connectivity index (χ1v) is 6.67. The van der Waals surface area contributed by atoms with Crippen LogP contribution in [-0.2, 0) is 0 Å². The molecule has 1 amide bonds. The summed E-state index contributed by atoms with van der Waals surface area (Å²) in [6, 6.07) is 17.2. The summed E-state index contributed by atoms with van der Waals surface area (Å²) in [4.78, 5) is 15.4. The van der Waals surface area contributed by atoms with Crippen LogP contribution in [0.15, 0.2) is 59.1 Å².